The van der Waals surface area contributed by atoms with E-state index in [2.05, 4.69) is 23.5 Å². The molecule has 0 spiro atoms. The molecule has 2 nitrogen and oxygen atoms in total. The number of allylic oxidation sites excluding steroid dienone is 2. The van der Waals surface area contributed by atoms with Crippen LogP contribution in [0.2, 0.25) is 0 Å². The number of hydrogen-bond donors (Lipinski definition) is 2. The predicted molar refractivity (Wildman–Crippen MR) is 54.7 cm³/mol. The molecule has 3 N–H and O–H groups in total. The summed E-state index contributed by atoms with van der Waals surface area (Å²) < 4.78 is 0. The molecule has 1 aliphatic rings. The molecular weight excluding hydrogens is 160 g/mol. The van der Waals surface area contributed by atoms with Crippen molar-refractivity contribution in [1.82, 2.24) is 5.32 Å². The highest BCUT2D eigenvalue weighted by Crippen LogP contribution is 2.17. The van der Waals surface area contributed by atoms with Crippen molar-refractivity contribution in [2.24, 2.45) is 5.73 Å². The summed E-state index contributed by atoms with van der Waals surface area (Å²) in [5.74, 6) is 0.737. The van der Waals surface area contributed by atoms with Gasteiger partial charge in [-0.2, -0.15) is 0 Å². The maximum atomic E-state index is 5.67. The lowest BCUT2D eigenvalue weighted by Crippen LogP contribution is -2.22. The monoisotopic (exact) mass is 172 g/mol. The van der Waals surface area contributed by atoms with E-state index >= 15 is 0 Å². The van der Waals surface area contributed by atoms with E-state index in [4.69, 9.17) is 5.73 Å². The number of hydrogen-bond acceptors (Lipinski definition) is 2. The molecule has 2 rings (SSSR count). The van der Waals surface area contributed by atoms with E-state index in [9.17, 15) is 0 Å². The zero-order chi connectivity index (χ0) is 9.10. The second-order valence-electron chi connectivity index (χ2n) is 3.01. The normalized spacial score (nSPS) is 15.7. The van der Waals surface area contributed by atoms with E-state index in [-0.39, 0.29) is 0 Å². The van der Waals surface area contributed by atoms with Crippen molar-refractivity contribution in [2.75, 3.05) is 6.54 Å². The van der Waals surface area contributed by atoms with Crippen LogP contribution in [0.15, 0.2) is 48.3 Å². The zero-order valence-electron chi connectivity index (χ0n) is 7.33. The fourth-order valence-corrected chi connectivity index (χ4v) is 1.39. The molecule has 0 atom stereocenters. The van der Waals surface area contributed by atoms with Gasteiger partial charge in [0.1, 0.15) is 0 Å². The third-order valence-corrected chi connectivity index (χ3v) is 2.05. The second kappa shape index (κ2) is 3.35. The molecule has 1 aliphatic heterocycles. The van der Waals surface area contributed by atoms with Crippen molar-refractivity contribution in [1.29, 1.82) is 0 Å². The van der Waals surface area contributed by atoms with Gasteiger partial charge in [-0.05, 0) is 17.2 Å². The first-order chi connectivity index (χ1) is 6.36. The molecule has 1 aromatic carbocycles. The largest absolute Gasteiger partial charge is 0.386 e. The van der Waals surface area contributed by atoms with E-state index in [0.717, 1.165) is 12.4 Å². The molecule has 0 saturated heterocycles. The predicted octanol–water partition coefficient (Wildman–Crippen LogP) is 1.47. The van der Waals surface area contributed by atoms with Crippen LogP contribution in [0, 0.1) is 0 Å². The lowest BCUT2D eigenvalue weighted by Gasteiger charge is -2.12. The van der Waals surface area contributed by atoms with Crippen molar-refractivity contribution in [3.05, 3.63) is 53.9 Å². The van der Waals surface area contributed by atoms with Crippen molar-refractivity contribution in [2.45, 2.75) is 0 Å². The number of nitrogens with one attached hydrogen (secondary N) is 1. The Labute approximate surface area is 77.8 Å². The molecule has 0 aliphatic carbocycles. The highest BCUT2D eigenvalue weighted by atomic mass is 15.0. The zero-order valence-corrected chi connectivity index (χ0v) is 7.33. The average molecular weight is 172 g/mol. The van der Waals surface area contributed by atoms with Crippen molar-refractivity contribution in [3.8, 4) is 0 Å². The van der Waals surface area contributed by atoms with Gasteiger partial charge in [0.05, 0.1) is 5.82 Å². The Hall–Kier alpha value is -1.70. The molecule has 0 amide bonds. The van der Waals surface area contributed by atoms with E-state index in [0.29, 0.717) is 0 Å². The van der Waals surface area contributed by atoms with Crippen LogP contribution in [-0.4, -0.2) is 6.54 Å². The van der Waals surface area contributed by atoms with Crippen LogP contribution in [-0.2, 0) is 0 Å². The summed E-state index contributed by atoms with van der Waals surface area (Å²) in [5.41, 5.74) is 8.08. The first-order valence-electron chi connectivity index (χ1n) is 4.33. The minimum Gasteiger partial charge on any atom is -0.386 e. The molecule has 0 fully saturated rings. The minimum atomic E-state index is 0.737. The summed E-state index contributed by atoms with van der Waals surface area (Å²) in [7, 11) is 0. The Morgan fingerprint density at radius 3 is 2.62 bits per heavy atom. The number of dihydropyridines is 1. The number of nitrogens with two attached hydrogens (primary N) is 1. The quantitative estimate of drug-likeness (QED) is 0.673. The molecule has 0 unspecified atom stereocenters. The van der Waals surface area contributed by atoms with Gasteiger partial charge in [-0.15, -0.1) is 0 Å². The molecule has 1 heterocycles. The van der Waals surface area contributed by atoms with Crippen LogP contribution < -0.4 is 11.1 Å². The lowest BCUT2D eigenvalue weighted by atomic mass is 10.0. The Bertz CT molecular complexity index is 350. The standard InChI is InChI=1S/C11H12N2/c12-11-8-10(6-7-13-11)9-4-2-1-3-5-9/h1-6,8,13H,7,12H2. The van der Waals surface area contributed by atoms with Crippen LogP contribution >= 0.6 is 0 Å². The lowest BCUT2D eigenvalue weighted by molar-refractivity contribution is 0.877. The maximum Gasteiger partial charge on any atom is 0.0968 e. The first-order valence-corrected chi connectivity index (χ1v) is 4.33. The van der Waals surface area contributed by atoms with Gasteiger partial charge in [-0.3, -0.25) is 0 Å². The molecular formula is C11H12N2. The van der Waals surface area contributed by atoms with Crippen LogP contribution in [0.3, 0.4) is 0 Å². The molecule has 2 heteroatoms. The van der Waals surface area contributed by atoms with Gasteiger partial charge in [0.15, 0.2) is 0 Å². The van der Waals surface area contributed by atoms with E-state index < -0.39 is 0 Å². The summed E-state index contributed by atoms with van der Waals surface area (Å²) >= 11 is 0. The summed E-state index contributed by atoms with van der Waals surface area (Å²) in [6.07, 6.45) is 4.09. The summed E-state index contributed by atoms with van der Waals surface area (Å²) in [6, 6.07) is 10.2. The fraction of sp³-hybridized carbons (Fsp3) is 0.0909. The van der Waals surface area contributed by atoms with Gasteiger partial charge in [-0.1, -0.05) is 36.4 Å². The highest BCUT2D eigenvalue weighted by Gasteiger charge is 2.02. The van der Waals surface area contributed by atoms with Crippen LogP contribution in [0.25, 0.3) is 5.57 Å². The molecule has 0 saturated carbocycles. The molecule has 66 valence electrons. The van der Waals surface area contributed by atoms with Gasteiger partial charge < -0.3 is 11.1 Å². The summed E-state index contributed by atoms with van der Waals surface area (Å²) in [4.78, 5) is 0. The average Bonchev–Trinajstić information content (AvgIpc) is 2.19. The first kappa shape index (κ1) is 7.92. The molecule has 0 radical (unpaired) electrons. The fourth-order valence-electron chi connectivity index (χ4n) is 1.39. The summed E-state index contributed by atoms with van der Waals surface area (Å²) in [5, 5.41) is 3.04. The van der Waals surface area contributed by atoms with E-state index in [1.807, 2.05) is 24.3 Å². The molecule has 0 aromatic heterocycles. The maximum absolute atomic E-state index is 5.67. The van der Waals surface area contributed by atoms with Crippen LogP contribution in [0.4, 0.5) is 0 Å². The van der Waals surface area contributed by atoms with Crippen LogP contribution in [0.5, 0.6) is 0 Å². The second-order valence-corrected chi connectivity index (χ2v) is 3.01. The smallest absolute Gasteiger partial charge is 0.0968 e. The number of benzene rings is 1. The number of rotatable bonds is 1. The van der Waals surface area contributed by atoms with Gasteiger partial charge >= 0.3 is 0 Å². The van der Waals surface area contributed by atoms with Gasteiger partial charge in [-0.25, -0.2) is 0 Å². The third kappa shape index (κ3) is 1.72. The van der Waals surface area contributed by atoms with E-state index in [1.54, 1.807) is 0 Å². The van der Waals surface area contributed by atoms with Crippen molar-refractivity contribution >= 4 is 5.57 Å². The molecule has 0 bridgehead atoms. The Kier molecular flexibility index (Phi) is 2.04. The van der Waals surface area contributed by atoms with Gasteiger partial charge in [0, 0.05) is 6.54 Å². The Morgan fingerprint density at radius 1 is 1.15 bits per heavy atom. The van der Waals surface area contributed by atoms with Crippen molar-refractivity contribution < 1.29 is 0 Å². The highest BCUT2D eigenvalue weighted by molar-refractivity contribution is 5.75. The summed E-state index contributed by atoms with van der Waals surface area (Å²) in [6.45, 7) is 0.812. The Balaban J connectivity index is 2.33. The third-order valence-electron chi connectivity index (χ3n) is 2.05. The molecule has 13 heavy (non-hydrogen) atoms. The topological polar surface area (TPSA) is 38.0 Å². The van der Waals surface area contributed by atoms with E-state index in [1.165, 1.54) is 11.1 Å². The SMILES string of the molecule is NC1=CC(c2ccccc2)=CCN1. The molecule has 1 aromatic rings. The van der Waals surface area contributed by atoms with Crippen molar-refractivity contribution in [3.63, 3.8) is 0 Å². The minimum absolute atomic E-state index is 0.737. The van der Waals surface area contributed by atoms with Gasteiger partial charge in [0.2, 0.25) is 0 Å². The van der Waals surface area contributed by atoms with Crippen LogP contribution in [0.1, 0.15) is 5.56 Å². The Morgan fingerprint density at radius 2 is 1.92 bits per heavy atom. The van der Waals surface area contributed by atoms with Gasteiger partial charge in [0.25, 0.3) is 0 Å².